The number of nitrogen functional groups attached to an aromatic ring is 1. The van der Waals surface area contributed by atoms with E-state index >= 15 is 0 Å². The number of aryl methyl sites for hydroxylation is 1. The molecule has 2 atom stereocenters. The van der Waals surface area contributed by atoms with Crippen molar-refractivity contribution in [1.29, 1.82) is 0 Å². The number of aromatic nitrogens is 2. The van der Waals surface area contributed by atoms with Crippen LogP contribution >= 0.6 is 0 Å². The van der Waals surface area contributed by atoms with Gasteiger partial charge in [-0.25, -0.2) is 4.98 Å². The van der Waals surface area contributed by atoms with Crippen molar-refractivity contribution in [3.8, 4) is 0 Å². The molecule has 0 spiro atoms. The summed E-state index contributed by atoms with van der Waals surface area (Å²) in [5.41, 5.74) is 5.97. The molecule has 0 radical (unpaired) electrons. The van der Waals surface area contributed by atoms with E-state index in [4.69, 9.17) is 10.8 Å². The predicted molar refractivity (Wildman–Crippen MR) is 86.1 cm³/mol. The Bertz CT molecular complexity index is 517. The van der Waals surface area contributed by atoms with Crippen molar-refractivity contribution < 1.29 is 5.11 Å². The average Bonchev–Trinajstić information content (AvgIpc) is 2.77. The molecule has 0 saturated heterocycles. The maximum Gasteiger partial charge on any atom is 0.278 e. The number of unbranched alkanes of at least 4 members (excludes halogenated alkanes) is 1. The summed E-state index contributed by atoms with van der Waals surface area (Å²) >= 11 is 0. The number of aliphatic imine (C=N–C) groups is 1. The number of nitrogens with one attached hydrogen (secondary N) is 1. The summed E-state index contributed by atoms with van der Waals surface area (Å²) in [7, 11) is 0. The van der Waals surface area contributed by atoms with Crippen LogP contribution in [0, 0.1) is 12.8 Å². The van der Waals surface area contributed by atoms with E-state index in [1.165, 1.54) is 6.42 Å². The molecule has 4 N–H and O–H groups in total. The van der Waals surface area contributed by atoms with Crippen molar-refractivity contribution in [1.82, 2.24) is 9.97 Å². The molecule has 0 bridgehead atoms. The number of aliphatic hydroxyl groups is 1. The number of nitrogens with two attached hydrogens (primary N) is 1. The van der Waals surface area contributed by atoms with Gasteiger partial charge in [-0.2, -0.15) is 0 Å². The van der Waals surface area contributed by atoms with Crippen LogP contribution in [0.4, 0.5) is 11.6 Å². The van der Waals surface area contributed by atoms with Gasteiger partial charge in [-0.15, -0.1) is 0 Å². The fraction of sp³-hybridized carbons (Fsp3) is 0.667. The first kappa shape index (κ1) is 17.4. The number of anilines is 1. The van der Waals surface area contributed by atoms with E-state index in [0.717, 1.165) is 31.6 Å². The van der Waals surface area contributed by atoms with Crippen LogP contribution in [-0.4, -0.2) is 27.4 Å². The Hall–Kier alpha value is -1.69. The predicted octanol–water partition coefficient (Wildman–Crippen LogP) is 2.33. The van der Waals surface area contributed by atoms with Crippen LogP contribution in [0.5, 0.6) is 0 Å². The number of aromatic amines is 1. The molecule has 1 unspecified atom stereocenters. The largest absolute Gasteiger partial charge is 0.393 e. The van der Waals surface area contributed by atoms with Crippen LogP contribution in [0.15, 0.2) is 9.79 Å². The zero-order chi connectivity index (χ0) is 15.8. The Morgan fingerprint density at radius 1 is 1.52 bits per heavy atom. The summed E-state index contributed by atoms with van der Waals surface area (Å²) in [5, 5.41) is 8.90. The lowest BCUT2D eigenvalue weighted by Crippen LogP contribution is -2.12. The number of rotatable bonds is 3. The van der Waals surface area contributed by atoms with Crippen molar-refractivity contribution >= 4 is 17.9 Å². The minimum absolute atomic E-state index is 0.0231. The van der Waals surface area contributed by atoms with Crippen LogP contribution in [0.2, 0.25) is 0 Å². The van der Waals surface area contributed by atoms with Crippen LogP contribution in [0.1, 0.15) is 51.6 Å². The van der Waals surface area contributed by atoms with Gasteiger partial charge in [-0.1, -0.05) is 20.3 Å². The van der Waals surface area contributed by atoms with Crippen LogP contribution in [0.25, 0.3) is 0 Å². The van der Waals surface area contributed by atoms with Crippen LogP contribution < -0.4 is 11.3 Å². The lowest BCUT2D eigenvalue weighted by atomic mass is 10.1. The third kappa shape index (κ3) is 6.08. The van der Waals surface area contributed by atoms with Crippen molar-refractivity contribution in [3.63, 3.8) is 0 Å². The first-order valence-electron chi connectivity index (χ1n) is 7.51. The number of H-pyrrole nitrogens is 1. The summed E-state index contributed by atoms with van der Waals surface area (Å²) in [6.45, 7) is 5.95. The molecule has 6 heteroatoms. The van der Waals surface area contributed by atoms with Gasteiger partial charge in [-0.3, -0.25) is 14.8 Å². The van der Waals surface area contributed by atoms with Crippen LogP contribution in [0.3, 0.4) is 0 Å². The monoisotopic (exact) mass is 294 g/mol. The molecule has 0 aromatic carbocycles. The van der Waals surface area contributed by atoms with Gasteiger partial charge in [0.05, 0.1) is 11.8 Å². The second kappa shape index (κ2) is 8.56. The quantitative estimate of drug-likeness (QED) is 0.744. The maximum atomic E-state index is 11.4. The topological polar surface area (TPSA) is 104 Å². The fourth-order valence-corrected chi connectivity index (χ4v) is 2.22. The minimum Gasteiger partial charge on any atom is -0.393 e. The molecule has 21 heavy (non-hydrogen) atoms. The van der Waals surface area contributed by atoms with E-state index < -0.39 is 0 Å². The first-order chi connectivity index (χ1) is 9.93. The molecule has 1 aliphatic carbocycles. The molecule has 118 valence electrons. The van der Waals surface area contributed by atoms with Crippen molar-refractivity contribution in [2.24, 2.45) is 10.9 Å². The number of aliphatic hydroxyl groups excluding tert-OH is 1. The number of hydrogen-bond acceptors (Lipinski definition) is 5. The third-order valence-electron chi connectivity index (χ3n) is 3.39. The Morgan fingerprint density at radius 2 is 2.24 bits per heavy atom. The molecule has 1 aromatic heterocycles. The summed E-state index contributed by atoms with van der Waals surface area (Å²) in [4.78, 5) is 21.7. The second-order valence-electron chi connectivity index (χ2n) is 5.56. The SMILES string of the molecule is CC1CC[C@@H](O)C1.CCCC=Nc1c(C)nc(N)[nH]c1=O. The standard InChI is InChI=1S/C9H14N4O.C6H12O/c1-3-4-5-11-7-6(2)12-9(10)13-8(7)14;1-5-2-3-6(7)4-5/h5H,3-4H2,1-2H3,(H3,10,12,13,14);5-7H,2-4H2,1H3/t;5?,6-/m.1/s1. The van der Waals surface area contributed by atoms with E-state index in [1.54, 1.807) is 13.1 Å². The molecule has 0 amide bonds. The first-order valence-corrected chi connectivity index (χ1v) is 7.51. The Labute approximate surface area is 125 Å². The molecule has 1 aromatic rings. The fourth-order valence-electron chi connectivity index (χ4n) is 2.22. The highest BCUT2D eigenvalue weighted by Crippen LogP contribution is 2.23. The molecule has 1 fully saturated rings. The van der Waals surface area contributed by atoms with E-state index in [9.17, 15) is 4.79 Å². The zero-order valence-electron chi connectivity index (χ0n) is 13.1. The molecular weight excluding hydrogens is 268 g/mol. The number of hydrogen-bond donors (Lipinski definition) is 3. The maximum absolute atomic E-state index is 11.4. The van der Waals surface area contributed by atoms with Crippen molar-refractivity contribution in [2.45, 2.75) is 59.0 Å². The van der Waals surface area contributed by atoms with Gasteiger partial charge in [-0.05, 0) is 38.5 Å². The molecule has 1 saturated carbocycles. The minimum atomic E-state index is -0.289. The van der Waals surface area contributed by atoms with Gasteiger partial charge in [0, 0.05) is 6.21 Å². The summed E-state index contributed by atoms with van der Waals surface area (Å²) in [5.74, 6) is 0.900. The van der Waals surface area contributed by atoms with Crippen LogP contribution in [-0.2, 0) is 0 Å². The van der Waals surface area contributed by atoms with Gasteiger partial charge < -0.3 is 10.8 Å². The Balaban J connectivity index is 0.000000262. The van der Waals surface area contributed by atoms with Crippen molar-refractivity contribution in [2.75, 3.05) is 5.73 Å². The highest BCUT2D eigenvalue weighted by Gasteiger charge is 2.17. The summed E-state index contributed by atoms with van der Waals surface area (Å²) in [6.07, 6.45) is 6.87. The van der Waals surface area contributed by atoms with E-state index in [2.05, 4.69) is 21.9 Å². The summed E-state index contributed by atoms with van der Waals surface area (Å²) in [6, 6.07) is 0. The van der Waals surface area contributed by atoms with Gasteiger partial charge in [0.2, 0.25) is 5.95 Å². The lowest BCUT2D eigenvalue weighted by Gasteiger charge is -1.98. The highest BCUT2D eigenvalue weighted by atomic mass is 16.3. The van der Waals surface area contributed by atoms with Gasteiger partial charge in [0.15, 0.2) is 0 Å². The molecule has 6 nitrogen and oxygen atoms in total. The van der Waals surface area contributed by atoms with Crippen molar-refractivity contribution in [3.05, 3.63) is 16.0 Å². The average molecular weight is 294 g/mol. The molecular formula is C15H26N4O2. The zero-order valence-corrected chi connectivity index (χ0v) is 13.1. The highest BCUT2D eigenvalue weighted by molar-refractivity contribution is 5.63. The van der Waals surface area contributed by atoms with Gasteiger partial charge in [0.25, 0.3) is 5.56 Å². The van der Waals surface area contributed by atoms with Gasteiger partial charge >= 0.3 is 0 Å². The Kier molecular flexibility index (Phi) is 7.08. The second-order valence-corrected chi connectivity index (χ2v) is 5.56. The Morgan fingerprint density at radius 3 is 2.67 bits per heavy atom. The molecule has 2 rings (SSSR count). The lowest BCUT2D eigenvalue weighted by molar-refractivity contribution is 0.179. The van der Waals surface area contributed by atoms with E-state index in [-0.39, 0.29) is 17.6 Å². The number of nitrogens with zero attached hydrogens (tertiary/aromatic N) is 2. The summed E-state index contributed by atoms with van der Waals surface area (Å²) < 4.78 is 0. The molecule has 0 aliphatic heterocycles. The molecule has 1 heterocycles. The normalized spacial score (nSPS) is 21.3. The van der Waals surface area contributed by atoms with Gasteiger partial charge in [0.1, 0.15) is 5.69 Å². The third-order valence-corrected chi connectivity index (χ3v) is 3.39. The smallest absolute Gasteiger partial charge is 0.278 e. The molecule has 1 aliphatic rings. The van der Waals surface area contributed by atoms with E-state index in [0.29, 0.717) is 11.4 Å². The van der Waals surface area contributed by atoms with E-state index in [1.807, 2.05) is 6.92 Å².